The predicted molar refractivity (Wildman–Crippen MR) is 120 cm³/mol. The maximum atomic E-state index is 13.1. The van der Waals surface area contributed by atoms with Gasteiger partial charge in [-0.05, 0) is 48.9 Å². The first-order valence-electron chi connectivity index (χ1n) is 9.65. The summed E-state index contributed by atoms with van der Waals surface area (Å²) >= 11 is 1.16. The molecule has 3 aromatic rings. The van der Waals surface area contributed by atoms with Gasteiger partial charge in [0.2, 0.25) is 0 Å². The van der Waals surface area contributed by atoms with Gasteiger partial charge in [0.15, 0.2) is 6.61 Å². The third-order valence-electron chi connectivity index (χ3n) is 4.70. The largest absolute Gasteiger partial charge is 0.451 e. The highest BCUT2D eigenvalue weighted by Gasteiger charge is 2.20. The summed E-state index contributed by atoms with van der Waals surface area (Å²) in [5, 5.41) is 0.592. The van der Waals surface area contributed by atoms with Crippen LogP contribution in [-0.2, 0) is 16.1 Å². The van der Waals surface area contributed by atoms with Gasteiger partial charge >= 0.3 is 5.97 Å². The molecule has 1 amide bonds. The first kappa shape index (κ1) is 22.4. The lowest BCUT2D eigenvalue weighted by Gasteiger charge is -2.18. The Hall–Kier alpha value is -3.26. The highest BCUT2D eigenvalue weighted by atomic mass is 32.1. The highest BCUT2D eigenvalue weighted by molar-refractivity contribution is 7.17. The Kier molecular flexibility index (Phi) is 7.02. The molecule has 6 nitrogen and oxygen atoms in total. The number of ether oxygens (including phenoxy) is 1. The summed E-state index contributed by atoms with van der Waals surface area (Å²) < 4.78 is 18.3. The molecule has 0 aliphatic rings. The monoisotopic (exact) mass is 441 g/mol. The fourth-order valence-electron chi connectivity index (χ4n) is 2.87. The van der Waals surface area contributed by atoms with E-state index in [1.165, 1.54) is 17.0 Å². The molecule has 0 unspecified atom stereocenters. The van der Waals surface area contributed by atoms with Crippen LogP contribution in [0.3, 0.4) is 0 Å². The Morgan fingerprint density at radius 3 is 2.29 bits per heavy atom. The van der Waals surface area contributed by atoms with Crippen molar-refractivity contribution in [2.24, 2.45) is 0 Å². The fourth-order valence-corrected chi connectivity index (χ4v) is 3.83. The molecule has 1 aromatic heterocycles. The Morgan fingerprint density at radius 2 is 1.68 bits per heavy atom. The van der Waals surface area contributed by atoms with Crippen molar-refractivity contribution in [3.05, 3.63) is 70.5 Å². The van der Waals surface area contributed by atoms with Crippen molar-refractivity contribution in [3.8, 4) is 10.6 Å². The van der Waals surface area contributed by atoms with E-state index in [0.29, 0.717) is 27.7 Å². The zero-order valence-corrected chi connectivity index (χ0v) is 18.7. The number of hydrogen-bond acceptors (Lipinski definition) is 6. The number of benzene rings is 2. The average Bonchev–Trinajstić information content (AvgIpc) is 3.14. The number of carbonyl (C=O) groups is 2. The lowest BCUT2D eigenvalue weighted by Crippen LogP contribution is -2.30. The van der Waals surface area contributed by atoms with Crippen molar-refractivity contribution in [2.45, 2.75) is 13.5 Å². The summed E-state index contributed by atoms with van der Waals surface area (Å²) in [6.45, 7) is 1.76. The van der Waals surface area contributed by atoms with Gasteiger partial charge in [0.05, 0.1) is 5.69 Å². The third kappa shape index (κ3) is 5.67. The van der Waals surface area contributed by atoms with Gasteiger partial charge < -0.3 is 14.5 Å². The SMILES string of the molecule is Cc1nc(-c2ccc(F)cc2)sc1C(=O)OCC(=O)N(C)Cc1ccc(N(C)C)cc1. The molecule has 0 fully saturated rings. The van der Waals surface area contributed by atoms with Crippen molar-refractivity contribution < 1.29 is 18.7 Å². The van der Waals surface area contributed by atoms with Gasteiger partial charge in [-0.2, -0.15) is 0 Å². The van der Waals surface area contributed by atoms with E-state index in [1.807, 2.05) is 43.3 Å². The van der Waals surface area contributed by atoms with Crippen LogP contribution in [-0.4, -0.2) is 49.5 Å². The number of halogens is 1. The van der Waals surface area contributed by atoms with Gasteiger partial charge in [0, 0.05) is 38.9 Å². The minimum atomic E-state index is -0.597. The number of carbonyl (C=O) groups excluding carboxylic acids is 2. The molecule has 0 saturated carbocycles. The smallest absolute Gasteiger partial charge is 0.350 e. The van der Waals surface area contributed by atoms with Crippen molar-refractivity contribution in [1.29, 1.82) is 0 Å². The highest BCUT2D eigenvalue weighted by Crippen LogP contribution is 2.28. The lowest BCUT2D eigenvalue weighted by molar-refractivity contribution is -0.133. The first-order valence-corrected chi connectivity index (χ1v) is 10.5. The number of esters is 1. The number of aryl methyl sites for hydroxylation is 1. The zero-order chi connectivity index (χ0) is 22.5. The Bertz CT molecular complexity index is 1060. The normalized spacial score (nSPS) is 10.6. The summed E-state index contributed by atoms with van der Waals surface area (Å²) in [4.78, 5) is 33.1. The molecule has 0 N–H and O–H groups in total. The average molecular weight is 442 g/mol. The van der Waals surface area contributed by atoms with E-state index < -0.39 is 5.97 Å². The minimum absolute atomic E-state index is 0.300. The van der Waals surface area contributed by atoms with E-state index in [9.17, 15) is 14.0 Å². The number of hydrogen-bond donors (Lipinski definition) is 0. The summed E-state index contributed by atoms with van der Waals surface area (Å²) in [7, 11) is 5.60. The molecule has 0 saturated heterocycles. The maximum absolute atomic E-state index is 13.1. The molecule has 31 heavy (non-hydrogen) atoms. The summed E-state index contributed by atoms with van der Waals surface area (Å²) in [5.74, 6) is -1.24. The second kappa shape index (κ2) is 9.70. The number of likely N-dealkylation sites (N-methyl/N-ethyl adjacent to an activating group) is 1. The molecule has 0 bridgehead atoms. The summed E-state index contributed by atoms with van der Waals surface area (Å²) in [6, 6.07) is 13.8. The third-order valence-corrected chi connectivity index (χ3v) is 5.88. The maximum Gasteiger partial charge on any atom is 0.350 e. The molecule has 0 spiro atoms. The van der Waals surface area contributed by atoms with Crippen molar-refractivity contribution in [1.82, 2.24) is 9.88 Å². The number of amides is 1. The number of nitrogens with zero attached hydrogens (tertiary/aromatic N) is 3. The molecular formula is C23H24FN3O3S. The Balaban J connectivity index is 1.57. The number of rotatable bonds is 7. The second-order valence-corrected chi connectivity index (χ2v) is 8.33. The first-order chi connectivity index (χ1) is 14.7. The van der Waals surface area contributed by atoms with E-state index in [1.54, 1.807) is 26.1 Å². The van der Waals surface area contributed by atoms with Crippen LogP contribution in [0, 0.1) is 12.7 Å². The quantitative estimate of drug-likeness (QED) is 0.516. The van der Waals surface area contributed by atoms with Crippen molar-refractivity contribution in [2.75, 3.05) is 32.6 Å². The van der Waals surface area contributed by atoms with E-state index in [-0.39, 0.29) is 18.3 Å². The van der Waals surface area contributed by atoms with E-state index in [4.69, 9.17) is 4.74 Å². The van der Waals surface area contributed by atoms with Gasteiger partial charge in [0.25, 0.3) is 5.91 Å². The van der Waals surface area contributed by atoms with Gasteiger partial charge in [0.1, 0.15) is 15.7 Å². The van der Waals surface area contributed by atoms with Gasteiger partial charge in [-0.15, -0.1) is 11.3 Å². The molecule has 0 aliphatic heterocycles. The van der Waals surface area contributed by atoms with Crippen LogP contribution in [0.25, 0.3) is 10.6 Å². The van der Waals surface area contributed by atoms with Crippen LogP contribution < -0.4 is 4.90 Å². The Labute approximate surface area is 184 Å². The van der Waals surface area contributed by atoms with E-state index >= 15 is 0 Å². The summed E-state index contributed by atoms with van der Waals surface area (Å²) in [5.41, 5.74) is 3.28. The van der Waals surface area contributed by atoms with Gasteiger partial charge in [-0.3, -0.25) is 4.79 Å². The van der Waals surface area contributed by atoms with Crippen LogP contribution in [0.4, 0.5) is 10.1 Å². The van der Waals surface area contributed by atoms with E-state index in [0.717, 1.165) is 22.6 Å². The summed E-state index contributed by atoms with van der Waals surface area (Å²) in [6.07, 6.45) is 0. The van der Waals surface area contributed by atoms with E-state index in [2.05, 4.69) is 4.98 Å². The zero-order valence-electron chi connectivity index (χ0n) is 17.9. The number of aromatic nitrogens is 1. The Morgan fingerprint density at radius 1 is 1.03 bits per heavy atom. The van der Waals surface area contributed by atoms with Crippen LogP contribution in [0.5, 0.6) is 0 Å². The van der Waals surface area contributed by atoms with Crippen LogP contribution >= 0.6 is 11.3 Å². The molecular weight excluding hydrogens is 417 g/mol. The molecule has 0 atom stereocenters. The van der Waals surface area contributed by atoms with Crippen LogP contribution in [0.2, 0.25) is 0 Å². The minimum Gasteiger partial charge on any atom is -0.451 e. The predicted octanol–water partition coefficient (Wildman–Crippen LogP) is 4.14. The van der Waals surface area contributed by atoms with Gasteiger partial charge in [-0.25, -0.2) is 14.2 Å². The topological polar surface area (TPSA) is 62.7 Å². The lowest BCUT2D eigenvalue weighted by atomic mass is 10.2. The standard InChI is InChI=1S/C23H24FN3O3S/c1-15-21(31-22(25-15)17-7-9-18(24)10-8-17)23(29)30-14-20(28)27(4)13-16-5-11-19(12-6-16)26(2)3/h5-12H,13-14H2,1-4H3. The number of thiazole rings is 1. The molecule has 1 heterocycles. The molecule has 162 valence electrons. The molecule has 8 heteroatoms. The van der Waals surface area contributed by atoms with Gasteiger partial charge in [-0.1, -0.05) is 12.1 Å². The molecule has 2 aromatic carbocycles. The van der Waals surface area contributed by atoms with Crippen molar-refractivity contribution >= 4 is 28.9 Å². The fraction of sp³-hybridized carbons (Fsp3) is 0.261. The second-order valence-electron chi connectivity index (χ2n) is 7.33. The molecule has 3 rings (SSSR count). The van der Waals surface area contributed by atoms with Crippen LogP contribution in [0.1, 0.15) is 20.9 Å². The number of anilines is 1. The molecule has 0 radical (unpaired) electrons. The van der Waals surface area contributed by atoms with Crippen molar-refractivity contribution in [3.63, 3.8) is 0 Å². The molecule has 0 aliphatic carbocycles. The van der Waals surface area contributed by atoms with Crippen LogP contribution in [0.15, 0.2) is 48.5 Å².